The Morgan fingerprint density at radius 3 is 2.42 bits per heavy atom. The van der Waals surface area contributed by atoms with Gasteiger partial charge in [0.05, 0.1) is 14.2 Å². The van der Waals surface area contributed by atoms with Crippen molar-refractivity contribution in [1.29, 1.82) is 0 Å². The summed E-state index contributed by atoms with van der Waals surface area (Å²) < 4.78 is 10.4. The van der Waals surface area contributed by atoms with Crippen LogP contribution in [0.15, 0.2) is 18.2 Å². The van der Waals surface area contributed by atoms with Gasteiger partial charge in [0.15, 0.2) is 11.5 Å². The van der Waals surface area contributed by atoms with Crippen molar-refractivity contribution < 1.29 is 19.1 Å². The average Bonchev–Trinajstić information content (AvgIpc) is 3.11. The van der Waals surface area contributed by atoms with Crippen molar-refractivity contribution in [2.75, 3.05) is 27.3 Å². The zero-order valence-electron chi connectivity index (χ0n) is 14.6. The Kier molecular flexibility index (Phi) is 6.46. The first kappa shape index (κ1) is 18.1. The minimum Gasteiger partial charge on any atom is -0.493 e. The van der Waals surface area contributed by atoms with Crippen molar-refractivity contribution >= 4 is 11.8 Å². The Hall–Kier alpha value is -2.24. The van der Waals surface area contributed by atoms with Gasteiger partial charge in [0, 0.05) is 31.6 Å². The Bertz CT molecular complexity index is 582. The van der Waals surface area contributed by atoms with Crippen LogP contribution in [-0.2, 0) is 4.79 Å². The molecule has 2 rings (SSSR count). The standard InChI is InChI=1S/C18H26N2O4/c1-13(21)20(15-6-4-5-7-15)11-10-19-18(22)14-8-9-16(23-2)17(12-14)24-3/h8-9,12,15H,4-7,10-11H2,1-3H3,(H,19,22). The van der Waals surface area contributed by atoms with Crippen molar-refractivity contribution in [3.63, 3.8) is 0 Å². The number of nitrogens with zero attached hydrogens (tertiary/aromatic N) is 1. The number of hydrogen-bond donors (Lipinski definition) is 1. The van der Waals surface area contributed by atoms with E-state index in [2.05, 4.69) is 5.32 Å². The van der Waals surface area contributed by atoms with Gasteiger partial charge in [0.1, 0.15) is 0 Å². The smallest absolute Gasteiger partial charge is 0.251 e. The number of rotatable bonds is 7. The van der Waals surface area contributed by atoms with E-state index in [0.29, 0.717) is 36.2 Å². The number of benzene rings is 1. The molecule has 0 aliphatic heterocycles. The number of carbonyl (C=O) groups is 2. The molecule has 1 aromatic carbocycles. The van der Waals surface area contributed by atoms with Crippen LogP contribution in [0.5, 0.6) is 11.5 Å². The molecule has 0 radical (unpaired) electrons. The third kappa shape index (κ3) is 4.40. The molecule has 1 fully saturated rings. The molecule has 0 saturated heterocycles. The number of ether oxygens (including phenoxy) is 2. The zero-order valence-corrected chi connectivity index (χ0v) is 14.6. The van der Waals surface area contributed by atoms with Crippen LogP contribution in [0.4, 0.5) is 0 Å². The molecule has 1 aliphatic rings. The second-order valence-electron chi connectivity index (χ2n) is 5.98. The number of carbonyl (C=O) groups excluding carboxylic acids is 2. The third-order valence-corrected chi connectivity index (χ3v) is 4.45. The van der Waals surface area contributed by atoms with Gasteiger partial charge >= 0.3 is 0 Å². The minimum absolute atomic E-state index is 0.0715. The molecule has 1 aliphatic carbocycles. The van der Waals surface area contributed by atoms with E-state index < -0.39 is 0 Å². The normalized spacial score (nSPS) is 14.3. The van der Waals surface area contributed by atoms with Gasteiger partial charge in [0.25, 0.3) is 5.91 Å². The van der Waals surface area contributed by atoms with Gasteiger partial charge in [-0.3, -0.25) is 9.59 Å². The SMILES string of the molecule is COc1ccc(C(=O)NCCN(C(C)=O)C2CCCC2)cc1OC. The van der Waals surface area contributed by atoms with E-state index in [9.17, 15) is 9.59 Å². The summed E-state index contributed by atoms with van der Waals surface area (Å²) in [6.45, 7) is 2.57. The summed E-state index contributed by atoms with van der Waals surface area (Å²) in [5.74, 6) is 0.979. The highest BCUT2D eigenvalue weighted by molar-refractivity contribution is 5.94. The van der Waals surface area contributed by atoms with E-state index in [4.69, 9.17) is 9.47 Å². The second kappa shape index (κ2) is 8.57. The molecule has 0 bridgehead atoms. The minimum atomic E-state index is -0.189. The first-order chi connectivity index (χ1) is 11.6. The fourth-order valence-electron chi connectivity index (χ4n) is 3.18. The molecule has 0 unspecified atom stereocenters. The summed E-state index contributed by atoms with van der Waals surface area (Å²) in [7, 11) is 3.09. The maximum atomic E-state index is 12.3. The predicted molar refractivity (Wildman–Crippen MR) is 91.5 cm³/mol. The lowest BCUT2D eigenvalue weighted by atomic mass is 10.2. The highest BCUT2D eigenvalue weighted by Crippen LogP contribution is 2.27. The second-order valence-corrected chi connectivity index (χ2v) is 5.98. The molecular formula is C18H26N2O4. The number of methoxy groups -OCH3 is 2. The van der Waals surface area contributed by atoms with Crippen LogP contribution in [-0.4, -0.2) is 50.1 Å². The Labute approximate surface area is 143 Å². The van der Waals surface area contributed by atoms with Crippen LogP contribution in [0.25, 0.3) is 0 Å². The lowest BCUT2D eigenvalue weighted by Gasteiger charge is -2.27. The van der Waals surface area contributed by atoms with E-state index in [1.807, 2.05) is 4.90 Å². The lowest BCUT2D eigenvalue weighted by molar-refractivity contribution is -0.130. The highest BCUT2D eigenvalue weighted by Gasteiger charge is 2.24. The molecular weight excluding hydrogens is 308 g/mol. The number of amides is 2. The van der Waals surface area contributed by atoms with E-state index in [1.165, 1.54) is 20.0 Å². The summed E-state index contributed by atoms with van der Waals surface area (Å²) in [4.78, 5) is 26.0. The monoisotopic (exact) mass is 334 g/mol. The van der Waals surface area contributed by atoms with Gasteiger partial charge in [0.2, 0.25) is 5.91 Å². The molecule has 0 aromatic heterocycles. The van der Waals surface area contributed by atoms with Gasteiger partial charge in [-0.15, -0.1) is 0 Å². The largest absolute Gasteiger partial charge is 0.493 e. The van der Waals surface area contributed by atoms with Crippen molar-refractivity contribution in [2.45, 2.75) is 38.6 Å². The van der Waals surface area contributed by atoms with Crippen molar-refractivity contribution in [3.05, 3.63) is 23.8 Å². The average molecular weight is 334 g/mol. The summed E-state index contributed by atoms with van der Waals surface area (Å²) in [6, 6.07) is 5.36. The summed E-state index contributed by atoms with van der Waals surface area (Å²) in [6.07, 6.45) is 4.46. The summed E-state index contributed by atoms with van der Waals surface area (Å²) in [5.41, 5.74) is 0.503. The molecule has 0 spiro atoms. The molecule has 0 atom stereocenters. The molecule has 0 heterocycles. The molecule has 132 valence electrons. The Morgan fingerprint density at radius 2 is 1.83 bits per heavy atom. The van der Waals surface area contributed by atoms with Gasteiger partial charge in [-0.2, -0.15) is 0 Å². The number of hydrogen-bond acceptors (Lipinski definition) is 4. The van der Waals surface area contributed by atoms with Gasteiger partial charge < -0.3 is 19.7 Å². The van der Waals surface area contributed by atoms with Crippen molar-refractivity contribution in [3.8, 4) is 11.5 Å². The fourth-order valence-corrected chi connectivity index (χ4v) is 3.18. The van der Waals surface area contributed by atoms with Crippen LogP contribution in [0.3, 0.4) is 0 Å². The van der Waals surface area contributed by atoms with Gasteiger partial charge in [-0.1, -0.05) is 12.8 Å². The van der Waals surface area contributed by atoms with Crippen LogP contribution in [0.2, 0.25) is 0 Å². The summed E-state index contributed by atoms with van der Waals surface area (Å²) in [5, 5.41) is 2.87. The molecule has 1 saturated carbocycles. The topological polar surface area (TPSA) is 67.9 Å². The number of nitrogens with one attached hydrogen (secondary N) is 1. The maximum Gasteiger partial charge on any atom is 0.251 e. The van der Waals surface area contributed by atoms with Gasteiger partial charge in [-0.05, 0) is 31.0 Å². The van der Waals surface area contributed by atoms with Crippen LogP contribution >= 0.6 is 0 Å². The molecule has 1 N–H and O–H groups in total. The fraction of sp³-hybridized carbons (Fsp3) is 0.556. The molecule has 2 amide bonds. The molecule has 1 aromatic rings. The van der Waals surface area contributed by atoms with Crippen molar-refractivity contribution in [2.24, 2.45) is 0 Å². The molecule has 6 heteroatoms. The van der Waals surface area contributed by atoms with Gasteiger partial charge in [-0.25, -0.2) is 0 Å². The first-order valence-corrected chi connectivity index (χ1v) is 8.34. The lowest BCUT2D eigenvalue weighted by Crippen LogP contribution is -2.42. The van der Waals surface area contributed by atoms with Crippen molar-refractivity contribution in [1.82, 2.24) is 10.2 Å². The first-order valence-electron chi connectivity index (χ1n) is 8.34. The van der Waals surface area contributed by atoms with E-state index >= 15 is 0 Å². The van der Waals surface area contributed by atoms with Crippen LogP contribution < -0.4 is 14.8 Å². The van der Waals surface area contributed by atoms with Crippen LogP contribution in [0.1, 0.15) is 43.0 Å². The quantitative estimate of drug-likeness (QED) is 0.830. The van der Waals surface area contributed by atoms with E-state index in [0.717, 1.165) is 12.8 Å². The Morgan fingerprint density at radius 1 is 1.17 bits per heavy atom. The predicted octanol–water partition coefficient (Wildman–Crippen LogP) is 2.22. The zero-order chi connectivity index (χ0) is 17.5. The molecule has 6 nitrogen and oxygen atoms in total. The maximum absolute atomic E-state index is 12.3. The highest BCUT2D eigenvalue weighted by atomic mass is 16.5. The van der Waals surface area contributed by atoms with Crippen LogP contribution in [0, 0.1) is 0 Å². The van der Waals surface area contributed by atoms with E-state index in [-0.39, 0.29) is 11.8 Å². The Balaban J connectivity index is 1.91. The summed E-state index contributed by atoms with van der Waals surface area (Å²) >= 11 is 0. The molecule has 24 heavy (non-hydrogen) atoms. The third-order valence-electron chi connectivity index (χ3n) is 4.45. The van der Waals surface area contributed by atoms with E-state index in [1.54, 1.807) is 32.2 Å².